The van der Waals surface area contributed by atoms with Gasteiger partial charge in [0.15, 0.2) is 0 Å². The maximum Gasteiger partial charge on any atom is 0.354 e. The summed E-state index contributed by atoms with van der Waals surface area (Å²) in [7, 11) is 1.32. The number of carbonyl (C=O) groups excluding carboxylic acids is 2. The minimum absolute atomic E-state index is 0.164. The average Bonchev–Trinajstić information content (AvgIpc) is 3.51. The van der Waals surface area contributed by atoms with Crippen LogP contribution >= 0.6 is 11.6 Å². The summed E-state index contributed by atoms with van der Waals surface area (Å²) in [6, 6.07) is 16.2. The molecule has 2 N–H and O–H groups in total. The summed E-state index contributed by atoms with van der Waals surface area (Å²) >= 11 is 6.38. The fraction of sp³-hybridized carbons (Fsp3) is 0.214. The van der Waals surface area contributed by atoms with E-state index < -0.39 is 29.2 Å². The van der Waals surface area contributed by atoms with Crippen molar-refractivity contribution >= 4 is 40.1 Å². The lowest BCUT2D eigenvalue weighted by molar-refractivity contribution is -0.131. The number of halogens is 3. The van der Waals surface area contributed by atoms with E-state index in [0.717, 1.165) is 40.4 Å². The molecule has 0 saturated carbocycles. The van der Waals surface area contributed by atoms with Crippen molar-refractivity contribution in [1.29, 1.82) is 0 Å². The predicted molar refractivity (Wildman–Crippen MR) is 136 cm³/mol. The van der Waals surface area contributed by atoms with Crippen LogP contribution < -0.4 is 5.32 Å². The van der Waals surface area contributed by atoms with Crippen LogP contribution in [-0.4, -0.2) is 41.6 Å². The molecule has 6 nitrogen and oxygen atoms in total. The first-order valence-electron chi connectivity index (χ1n) is 11.8. The number of rotatable bonds is 4. The maximum atomic E-state index is 13.8. The molecule has 3 aromatic carbocycles. The van der Waals surface area contributed by atoms with Crippen LogP contribution in [0.5, 0.6) is 0 Å². The van der Waals surface area contributed by atoms with Gasteiger partial charge in [-0.2, -0.15) is 0 Å². The molecule has 9 heteroatoms. The number of H-pyrrole nitrogens is 1. The molecule has 2 aliphatic heterocycles. The van der Waals surface area contributed by atoms with Crippen molar-refractivity contribution in [1.82, 2.24) is 9.88 Å². The smallest absolute Gasteiger partial charge is 0.354 e. The normalized spacial score (nSPS) is 20.0. The number of aromatic nitrogens is 1. The van der Waals surface area contributed by atoms with Gasteiger partial charge in [-0.15, -0.1) is 0 Å². The predicted octanol–water partition coefficient (Wildman–Crippen LogP) is 5.40. The molecule has 1 aromatic heterocycles. The van der Waals surface area contributed by atoms with Crippen molar-refractivity contribution in [2.45, 2.75) is 24.4 Å². The summed E-state index contributed by atoms with van der Waals surface area (Å²) in [5, 5.41) is 4.76. The molecule has 37 heavy (non-hydrogen) atoms. The number of amides is 1. The fourth-order valence-corrected chi connectivity index (χ4v) is 6.17. The lowest BCUT2D eigenvalue weighted by Gasteiger charge is -2.33. The van der Waals surface area contributed by atoms with Crippen molar-refractivity contribution < 1.29 is 23.1 Å². The zero-order valence-electron chi connectivity index (χ0n) is 19.8. The second-order valence-electron chi connectivity index (χ2n) is 9.41. The Hall–Kier alpha value is -3.91. The minimum atomic E-state index is -0.800. The van der Waals surface area contributed by atoms with Crippen LogP contribution in [0.3, 0.4) is 0 Å². The van der Waals surface area contributed by atoms with Crippen molar-refractivity contribution in [3.63, 3.8) is 0 Å². The molecule has 0 bridgehead atoms. The van der Waals surface area contributed by atoms with Gasteiger partial charge in [-0.1, -0.05) is 29.8 Å². The van der Waals surface area contributed by atoms with Crippen LogP contribution in [0.1, 0.15) is 33.6 Å². The van der Waals surface area contributed by atoms with Crippen molar-refractivity contribution in [2.24, 2.45) is 0 Å². The number of nitrogens with one attached hydrogen (secondary N) is 2. The molecule has 1 amide bonds. The molecule has 0 radical (unpaired) electrons. The molecule has 0 unspecified atom stereocenters. The van der Waals surface area contributed by atoms with Gasteiger partial charge >= 0.3 is 5.97 Å². The number of hydrogen-bond acceptors (Lipinski definition) is 4. The quantitative estimate of drug-likeness (QED) is 0.353. The number of ether oxygens (including phenoxy) is 1. The Kier molecular flexibility index (Phi) is 5.45. The SMILES string of the molecule is COC(=O)c1[nH]c2ccc(Cl)cc2c1[C@]12CCN(C(=O)Cc3cc(F)cc(F)c3)[C@H]1Nc1ccccc12. The van der Waals surface area contributed by atoms with Gasteiger partial charge in [-0.3, -0.25) is 4.79 Å². The van der Waals surface area contributed by atoms with Gasteiger partial charge in [-0.25, -0.2) is 13.6 Å². The van der Waals surface area contributed by atoms with Crippen molar-refractivity contribution in [3.05, 3.63) is 99.7 Å². The first-order valence-corrected chi connectivity index (χ1v) is 12.2. The number of carbonyl (C=O) groups is 2. The number of methoxy groups -OCH3 is 1. The van der Waals surface area contributed by atoms with Gasteiger partial charge in [0.2, 0.25) is 5.91 Å². The minimum Gasteiger partial charge on any atom is -0.464 e. The highest BCUT2D eigenvalue weighted by Gasteiger charge is 2.58. The number of fused-ring (bicyclic) bond motifs is 4. The van der Waals surface area contributed by atoms with Gasteiger partial charge in [0.25, 0.3) is 0 Å². The number of aromatic amines is 1. The largest absolute Gasteiger partial charge is 0.464 e. The number of nitrogens with zero attached hydrogens (tertiary/aromatic N) is 1. The van der Waals surface area contributed by atoms with Gasteiger partial charge < -0.3 is 19.9 Å². The zero-order chi connectivity index (χ0) is 25.9. The van der Waals surface area contributed by atoms with Crippen molar-refractivity contribution in [3.8, 4) is 0 Å². The van der Waals surface area contributed by atoms with Crippen LogP contribution in [-0.2, 0) is 21.4 Å². The molecular weight excluding hydrogens is 500 g/mol. The highest BCUT2D eigenvalue weighted by Crippen LogP contribution is 2.55. The lowest BCUT2D eigenvalue weighted by atomic mass is 9.72. The number of hydrogen-bond donors (Lipinski definition) is 2. The number of anilines is 1. The van der Waals surface area contributed by atoms with Crippen LogP contribution in [0, 0.1) is 11.6 Å². The second-order valence-corrected chi connectivity index (χ2v) is 9.85. The van der Waals surface area contributed by atoms with E-state index in [1.807, 2.05) is 36.4 Å². The Morgan fingerprint density at radius 1 is 1.11 bits per heavy atom. The lowest BCUT2D eigenvalue weighted by Crippen LogP contribution is -2.47. The Morgan fingerprint density at radius 3 is 2.62 bits per heavy atom. The molecule has 2 atom stereocenters. The fourth-order valence-electron chi connectivity index (χ4n) is 5.99. The van der Waals surface area contributed by atoms with Crippen LogP contribution in [0.15, 0.2) is 60.7 Å². The molecule has 0 aliphatic carbocycles. The summed E-state index contributed by atoms with van der Waals surface area (Å²) in [5.41, 5.74) is 2.96. The monoisotopic (exact) mass is 521 g/mol. The topological polar surface area (TPSA) is 74.4 Å². The van der Waals surface area contributed by atoms with Crippen LogP contribution in [0.25, 0.3) is 10.9 Å². The van der Waals surface area contributed by atoms with E-state index >= 15 is 0 Å². The second kappa shape index (κ2) is 8.59. The average molecular weight is 522 g/mol. The van der Waals surface area contributed by atoms with Gasteiger partial charge in [-0.05, 0) is 53.9 Å². The van der Waals surface area contributed by atoms with Gasteiger partial charge in [0.05, 0.1) is 18.9 Å². The molecule has 4 aromatic rings. The summed E-state index contributed by atoms with van der Waals surface area (Å²) in [5.74, 6) is -2.28. The summed E-state index contributed by atoms with van der Waals surface area (Å²) in [6.45, 7) is 0.372. The Balaban J connectivity index is 1.51. The van der Waals surface area contributed by atoms with E-state index in [4.69, 9.17) is 16.3 Å². The summed E-state index contributed by atoms with van der Waals surface area (Å²) in [6.07, 6.45) is -0.200. The number of likely N-dealkylation sites (tertiary alicyclic amines) is 1. The third-order valence-electron chi connectivity index (χ3n) is 7.42. The molecule has 1 fully saturated rings. The van der Waals surface area contributed by atoms with Gasteiger partial charge in [0, 0.05) is 39.8 Å². The highest BCUT2D eigenvalue weighted by molar-refractivity contribution is 6.31. The molecule has 0 spiro atoms. The van der Waals surface area contributed by atoms with E-state index in [0.29, 0.717) is 29.2 Å². The van der Waals surface area contributed by atoms with E-state index in [1.54, 1.807) is 11.0 Å². The van der Waals surface area contributed by atoms with Crippen LogP contribution in [0.4, 0.5) is 14.5 Å². The third kappa shape index (κ3) is 3.58. The maximum absolute atomic E-state index is 13.8. The van der Waals surface area contributed by atoms with Crippen molar-refractivity contribution in [2.75, 3.05) is 19.0 Å². The molecule has 6 rings (SSSR count). The molecule has 1 saturated heterocycles. The first kappa shape index (κ1) is 23.5. The standard InChI is InChI=1S/C28H22ClF2N3O3/c1-37-26(36)25-24(19-13-16(29)6-7-21(19)32-25)28-8-9-34(27(28)33-22-5-3-2-4-20(22)28)23(35)12-15-10-17(30)14-18(31)11-15/h2-7,10-11,13-14,27,32-33H,8-9,12H2,1H3/t27-,28-/m1/s1. The highest BCUT2D eigenvalue weighted by atomic mass is 35.5. The number of para-hydroxylation sites is 1. The summed E-state index contributed by atoms with van der Waals surface area (Å²) < 4.78 is 32.7. The Labute approximate surface area is 216 Å². The van der Waals surface area contributed by atoms with Gasteiger partial charge in [0.1, 0.15) is 23.5 Å². The molecule has 2 aliphatic rings. The first-order chi connectivity index (χ1) is 17.8. The van der Waals surface area contributed by atoms with E-state index in [9.17, 15) is 18.4 Å². The van der Waals surface area contributed by atoms with E-state index in [-0.39, 0.29) is 17.9 Å². The third-order valence-corrected chi connectivity index (χ3v) is 7.65. The summed E-state index contributed by atoms with van der Waals surface area (Å²) in [4.78, 5) is 31.5. The number of benzene rings is 3. The molecule has 188 valence electrons. The Bertz CT molecular complexity index is 1570. The molecule has 3 heterocycles. The molecular formula is C28H22ClF2N3O3. The Morgan fingerprint density at radius 2 is 1.86 bits per heavy atom. The zero-order valence-corrected chi connectivity index (χ0v) is 20.5. The van der Waals surface area contributed by atoms with Crippen LogP contribution in [0.2, 0.25) is 5.02 Å². The van der Waals surface area contributed by atoms with E-state index in [1.165, 1.54) is 7.11 Å². The number of esters is 1. The van der Waals surface area contributed by atoms with E-state index in [2.05, 4.69) is 10.3 Å².